The number of hydrogen-bond acceptors (Lipinski definition) is 3. The summed E-state index contributed by atoms with van der Waals surface area (Å²) in [4.78, 5) is 12.7. The Morgan fingerprint density at radius 2 is 1.64 bits per heavy atom. The molecule has 0 heterocycles. The summed E-state index contributed by atoms with van der Waals surface area (Å²) in [6.45, 7) is 3.87. The summed E-state index contributed by atoms with van der Waals surface area (Å²) in [6.07, 6.45) is 0. The van der Waals surface area contributed by atoms with Crippen molar-refractivity contribution in [2.45, 2.75) is 18.7 Å². The minimum Gasteiger partial charge on any atom is -0.322 e. The summed E-state index contributed by atoms with van der Waals surface area (Å²) < 4.78 is 28.4. The fourth-order valence-electron chi connectivity index (χ4n) is 2.62. The molecule has 0 aliphatic carbocycles. The van der Waals surface area contributed by atoms with Crippen molar-refractivity contribution < 1.29 is 13.2 Å². The molecule has 0 spiro atoms. The molecule has 0 bridgehead atoms. The van der Waals surface area contributed by atoms with Crippen molar-refractivity contribution >= 4 is 43.2 Å². The molecule has 28 heavy (non-hydrogen) atoms. The molecular formula is C21H19BrN2O3S. The molecule has 144 valence electrons. The Labute approximate surface area is 173 Å². The second kappa shape index (κ2) is 8.16. The fourth-order valence-corrected chi connectivity index (χ4v) is 3.93. The first-order valence-electron chi connectivity index (χ1n) is 8.52. The maximum Gasteiger partial charge on any atom is 0.261 e. The summed E-state index contributed by atoms with van der Waals surface area (Å²) in [5.41, 5.74) is 3.39. The van der Waals surface area contributed by atoms with E-state index in [-0.39, 0.29) is 10.8 Å². The molecule has 0 aliphatic rings. The number of amides is 1. The highest BCUT2D eigenvalue weighted by Gasteiger charge is 2.15. The third kappa shape index (κ3) is 4.79. The van der Waals surface area contributed by atoms with Gasteiger partial charge >= 0.3 is 0 Å². The largest absolute Gasteiger partial charge is 0.322 e. The van der Waals surface area contributed by atoms with E-state index in [4.69, 9.17) is 0 Å². The SMILES string of the molecule is Cc1ccc(C)c(NC(=O)c2cccc(NS(=O)(=O)c3ccc(Br)cc3)c2)c1. The molecule has 1 amide bonds. The number of carbonyl (C=O) groups excluding carboxylic acids is 1. The number of anilines is 2. The van der Waals surface area contributed by atoms with E-state index in [1.165, 1.54) is 18.2 Å². The van der Waals surface area contributed by atoms with Gasteiger partial charge in [0.15, 0.2) is 0 Å². The lowest BCUT2D eigenvalue weighted by Gasteiger charge is -2.11. The third-order valence-corrected chi connectivity index (χ3v) is 6.07. The maximum absolute atomic E-state index is 12.6. The summed E-state index contributed by atoms with van der Waals surface area (Å²) in [5.74, 6) is -0.307. The van der Waals surface area contributed by atoms with Crippen LogP contribution in [0.25, 0.3) is 0 Å². The molecule has 2 N–H and O–H groups in total. The van der Waals surface area contributed by atoms with Gasteiger partial charge in [0.25, 0.3) is 15.9 Å². The zero-order valence-electron chi connectivity index (χ0n) is 15.4. The van der Waals surface area contributed by atoms with Crippen LogP contribution in [0.3, 0.4) is 0 Å². The van der Waals surface area contributed by atoms with E-state index in [1.807, 2.05) is 32.0 Å². The lowest BCUT2D eigenvalue weighted by atomic mass is 10.1. The molecule has 3 aromatic carbocycles. The smallest absolute Gasteiger partial charge is 0.261 e. The molecular weight excluding hydrogens is 440 g/mol. The lowest BCUT2D eigenvalue weighted by molar-refractivity contribution is 0.102. The fraction of sp³-hybridized carbons (Fsp3) is 0.0952. The first kappa shape index (κ1) is 20.1. The second-order valence-electron chi connectivity index (χ2n) is 6.41. The van der Waals surface area contributed by atoms with E-state index in [0.29, 0.717) is 11.3 Å². The van der Waals surface area contributed by atoms with Crippen LogP contribution in [0.15, 0.2) is 76.1 Å². The Morgan fingerprint density at radius 1 is 0.929 bits per heavy atom. The standard InChI is InChI=1S/C21H19BrN2O3S/c1-14-6-7-15(2)20(12-14)23-21(25)16-4-3-5-18(13-16)24-28(26,27)19-10-8-17(22)9-11-19/h3-13,24H,1-2H3,(H,23,25). The van der Waals surface area contributed by atoms with Crippen molar-refractivity contribution in [1.29, 1.82) is 0 Å². The third-order valence-electron chi connectivity index (χ3n) is 4.14. The average Bonchev–Trinajstić information content (AvgIpc) is 2.65. The zero-order valence-corrected chi connectivity index (χ0v) is 17.8. The first-order valence-corrected chi connectivity index (χ1v) is 10.8. The summed E-state index contributed by atoms with van der Waals surface area (Å²) in [5, 5.41) is 2.87. The Kier molecular flexibility index (Phi) is 5.86. The number of nitrogens with one attached hydrogen (secondary N) is 2. The van der Waals surface area contributed by atoms with Crippen LogP contribution in [0.5, 0.6) is 0 Å². The Bertz CT molecular complexity index is 1130. The molecule has 5 nitrogen and oxygen atoms in total. The van der Waals surface area contributed by atoms with Crippen LogP contribution in [0, 0.1) is 13.8 Å². The molecule has 0 radical (unpaired) electrons. The molecule has 0 saturated carbocycles. The lowest BCUT2D eigenvalue weighted by Crippen LogP contribution is -2.15. The molecule has 0 fully saturated rings. The summed E-state index contributed by atoms with van der Waals surface area (Å²) in [7, 11) is -3.75. The Balaban J connectivity index is 1.81. The van der Waals surface area contributed by atoms with Crippen LogP contribution in [-0.4, -0.2) is 14.3 Å². The minimum atomic E-state index is -3.75. The van der Waals surface area contributed by atoms with Gasteiger partial charge in [-0.1, -0.05) is 34.1 Å². The monoisotopic (exact) mass is 458 g/mol. The average molecular weight is 459 g/mol. The van der Waals surface area contributed by atoms with E-state index in [0.717, 1.165) is 21.3 Å². The van der Waals surface area contributed by atoms with Crippen molar-refractivity contribution in [3.63, 3.8) is 0 Å². The van der Waals surface area contributed by atoms with Gasteiger partial charge in [-0.15, -0.1) is 0 Å². The van der Waals surface area contributed by atoms with Gasteiger partial charge in [-0.3, -0.25) is 9.52 Å². The van der Waals surface area contributed by atoms with Crippen molar-refractivity contribution in [2.75, 3.05) is 10.0 Å². The normalized spacial score (nSPS) is 11.1. The number of benzene rings is 3. The van der Waals surface area contributed by atoms with Crippen molar-refractivity contribution in [2.24, 2.45) is 0 Å². The van der Waals surface area contributed by atoms with E-state index >= 15 is 0 Å². The molecule has 3 rings (SSSR count). The van der Waals surface area contributed by atoms with E-state index in [2.05, 4.69) is 26.0 Å². The van der Waals surface area contributed by atoms with E-state index < -0.39 is 10.0 Å². The highest BCUT2D eigenvalue weighted by atomic mass is 79.9. The van der Waals surface area contributed by atoms with Crippen molar-refractivity contribution in [3.8, 4) is 0 Å². The van der Waals surface area contributed by atoms with Gasteiger partial charge in [0, 0.05) is 21.4 Å². The van der Waals surface area contributed by atoms with Gasteiger partial charge in [0.1, 0.15) is 0 Å². The van der Waals surface area contributed by atoms with Crippen LogP contribution >= 0.6 is 15.9 Å². The van der Waals surface area contributed by atoms with E-state index in [9.17, 15) is 13.2 Å². The molecule has 7 heteroatoms. The topological polar surface area (TPSA) is 75.3 Å². The van der Waals surface area contributed by atoms with Crippen LogP contribution in [0.1, 0.15) is 21.5 Å². The van der Waals surface area contributed by atoms with E-state index in [1.54, 1.807) is 30.3 Å². The highest BCUT2D eigenvalue weighted by molar-refractivity contribution is 9.10. The molecule has 0 aromatic heterocycles. The molecule has 0 atom stereocenters. The molecule has 0 saturated heterocycles. The second-order valence-corrected chi connectivity index (χ2v) is 9.01. The number of rotatable bonds is 5. The van der Waals surface area contributed by atoms with Crippen LogP contribution in [0.4, 0.5) is 11.4 Å². The molecule has 0 unspecified atom stereocenters. The van der Waals surface area contributed by atoms with Crippen LogP contribution in [0.2, 0.25) is 0 Å². The molecule has 3 aromatic rings. The first-order chi connectivity index (χ1) is 13.2. The zero-order chi connectivity index (χ0) is 20.3. The maximum atomic E-state index is 12.6. The number of halogens is 1. The Morgan fingerprint density at radius 3 is 2.36 bits per heavy atom. The highest BCUT2D eigenvalue weighted by Crippen LogP contribution is 2.21. The number of hydrogen-bond donors (Lipinski definition) is 2. The van der Waals surface area contributed by atoms with Crippen LogP contribution in [-0.2, 0) is 10.0 Å². The minimum absolute atomic E-state index is 0.140. The predicted molar refractivity (Wildman–Crippen MR) is 115 cm³/mol. The van der Waals surface area contributed by atoms with Gasteiger partial charge in [-0.25, -0.2) is 8.42 Å². The quantitative estimate of drug-likeness (QED) is 0.556. The Hall–Kier alpha value is -2.64. The number of aryl methyl sites for hydroxylation is 2. The van der Waals surface area contributed by atoms with Crippen molar-refractivity contribution in [3.05, 3.63) is 87.9 Å². The van der Waals surface area contributed by atoms with Gasteiger partial charge in [-0.2, -0.15) is 0 Å². The van der Waals surface area contributed by atoms with Crippen molar-refractivity contribution in [1.82, 2.24) is 0 Å². The van der Waals surface area contributed by atoms with Gasteiger partial charge in [-0.05, 0) is 73.5 Å². The van der Waals surface area contributed by atoms with Gasteiger partial charge in [0.2, 0.25) is 0 Å². The van der Waals surface area contributed by atoms with Crippen LogP contribution < -0.4 is 10.0 Å². The molecule has 0 aliphatic heterocycles. The summed E-state index contributed by atoms with van der Waals surface area (Å²) in [6, 6.07) is 18.5. The van der Waals surface area contributed by atoms with Gasteiger partial charge < -0.3 is 5.32 Å². The predicted octanol–water partition coefficient (Wildman–Crippen LogP) is 5.12. The summed E-state index contributed by atoms with van der Waals surface area (Å²) >= 11 is 3.28. The number of carbonyl (C=O) groups is 1. The number of sulfonamides is 1. The van der Waals surface area contributed by atoms with Gasteiger partial charge in [0.05, 0.1) is 4.90 Å².